The van der Waals surface area contributed by atoms with Gasteiger partial charge < -0.3 is 14.2 Å². The lowest BCUT2D eigenvalue weighted by molar-refractivity contribution is -0.137. The zero-order valence-electron chi connectivity index (χ0n) is 9.08. The molecule has 0 aliphatic carbocycles. The Morgan fingerprint density at radius 2 is 1.88 bits per heavy atom. The first-order chi connectivity index (χ1) is 8.02. The summed E-state index contributed by atoms with van der Waals surface area (Å²) in [7, 11) is 1.31. The third kappa shape index (κ3) is 2.53. The maximum Gasteiger partial charge on any atom is 0.416 e. The first kappa shape index (κ1) is 12.2. The Morgan fingerprint density at radius 1 is 1.24 bits per heavy atom. The minimum atomic E-state index is -4.39. The van der Waals surface area contributed by atoms with Gasteiger partial charge in [-0.1, -0.05) is 0 Å². The lowest BCUT2D eigenvalue weighted by Crippen LogP contribution is -2.08. The smallest absolute Gasteiger partial charge is 0.416 e. The average Bonchev–Trinajstić information content (AvgIpc) is 2.80. The Kier molecular flexibility index (Phi) is 3.26. The lowest BCUT2D eigenvalue weighted by atomic mass is 10.1. The third-order valence-electron chi connectivity index (χ3n) is 2.44. The molecule has 0 saturated carbocycles. The van der Waals surface area contributed by atoms with E-state index < -0.39 is 18.0 Å². The normalized spacial score (nSPS) is 17.4. The van der Waals surface area contributed by atoms with Crippen molar-refractivity contribution in [3.05, 3.63) is 29.3 Å². The summed E-state index contributed by atoms with van der Waals surface area (Å²) in [4.78, 5) is 0. The number of benzene rings is 1. The molecule has 2 rings (SSSR count). The van der Waals surface area contributed by atoms with Crippen LogP contribution in [-0.4, -0.2) is 20.3 Å². The summed E-state index contributed by atoms with van der Waals surface area (Å²) in [6.45, 7) is 0.851. The zero-order chi connectivity index (χ0) is 12.5. The summed E-state index contributed by atoms with van der Waals surface area (Å²) >= 11 is 0. The molecule has 0 aromatic heterocycles. The summed E-state index contributed by atoms with van der Waals surface area (Å²) in [5.74, 6) is 0.117. The summed E-state index contributed by atoms with van der Waals surface area (Å²) in [6, 6.07) is 3.25. The number of rotatable bonds is 2. The molecule has 1 fully saturated rings. The van der Waals surface area contributed by atoms with Gasteiger partial charge in [0.15, 0.2) is 6.29 Å². The third-order valence-corrected chi connectivity index (χ3v) is 2.44. The van der Waals surface area contributed by atoms with Crippen LogP contribution in [0.25, 0.3) is 0 Å². The summed E-state index contributed by atoms with van der Waals surface area (Å²) < 4.78 is 52.9. The van der Waals surface area contributed by atoms with E-state index in [1.807, 2.05) is 0 Å². The topological polar surface area (TPSA) is 27.7 Å². The van der Waals surface area contributed by atoms with Crippen LogP contribution in [0, 0.1) is 0 Å². The maximum absolute atomic E-state index is 12.5. The maximum atomic E-state index is 12.5. The second kappa shape index (κ2) is 4.54. The molecule has 1 saturated heterocycles. The molecule has 1 aliphatic heterocycles. The molecule has 6 heteroatoms. The SMILES string of the molecule is COc1cc(C(F)(F)F)ccc1C1OCCO1. The van der Waals surface area contributed by atoms with Crippen LogP contribution >= 0.6 is 0 Å². The summed E-state index contributed by atoms with van der Waals surface area (Å²) in [5.41, 5.74) is -0.283. The number of hydrogen-bond acceptors (Lipinski definition) is 3. The van der Waals surface area contributed by atoms with Crippen LogP contribution in [0.15, 0.2) is 18.2 Å². The van der Waals surface area contributed by atoms with E-state index in [1.165, 1.54) is 13.2 Å². The first-order valence-electron chi connectivity index (χ1n) is 5.00. The Labute approximate surface area is 96.1 Å². The Balaban J connectivity index is 2.34. The van der Waals surface area contributed by atoms with E-state index in [-0.39, 0.29) is 5.75 Å². The Hall–Kier alpha value is -1.27. The predicted octanol–water partition coefficient (Wildman–Crippen LogP) is 2.76. The average molecular weight is 248 g/mol. The number of hydrogen-bond donors (Lipinski definition) is 0. The van der Waals surface area contributed by atoms with Gasteiger partial charge in [-0.25, -0.2) is 0 Å². The van der Waals surface area contributed by atoms with Gasteiger partial charge in [0.25, 0.3) is 0 Å². The van der Waals surface area contributed by atoms with Gasteiger partial charge >= 0.3 is 6.18 Å². The van der Waals surface area contributed by atoms with Crippen molar-refractivity contribution in [3.63, 3.8) is 0 Å². The van der Waals surface area contributed by atoms with Gasteiger partial charge in [-0.15, -0.1) is 0 Å². The van der Waals surface area contributed by atoms with Crippen LogP contribution in [-0.2, 0) is 15.7 Å². The Bertz CT molecular complexity index is 397. The molecule has 0 bridgehead atoms. The zero-order valence-corrected chi connectivity index (χ0v) is 9.08. The molecule has 0 spiro atoms. The molecule has 0 atom stereocenters. The quantitative estimate of drug-likeness (QED) is 0.805. The van der Waals surface area contributed by atoms with Crippen molar-refractivity contribution in [1.29, 1.82) is 0 Å². The molecule has 3 nitrogen and oxygen atoms in total. The molecule has 1 aromatic rings. The van der Waals surface area contributed by atoms with Gasteiger partial charge in [-0.05, 0) is 18.2 Å². The standard InChI is InChI=1S/C11H11F3O3/c1-15-9-6-7(11(12,13)14)2-3-8(9)10-16-4-5-17-10/h2-3,6,10H,4-5H2,1H3. The van der Waals surface area contributed by atoms with Crippen molar-refractivity contribution in [1.82, 2.24) is 0 Å². The van der Waals surface area contributed by atoms with Gasteiger partial charge in [0.05, 0.1) is 25.9 Å². The van der Waals surface area contributed by atoms with Crippen molar-refractivity contribution in [3.8, 4) is 5.75 Å². The molecular weight excluding hydrogens is 237 g/mol. The van der Waals surface area contributed by atoms with Gasteiger partial charge in [0, 0.05) is 5.56 Å². The number of alkyl halides is 3. The van der Waals surface area contributed by atoms with Crippen LogP contribution in [0.2, 0.25) is 0 Å². The highest BCUT2D eigenvalue weighted by atomic mass is 19.4. The van der Waals surface area contributed by atoms with E-state index in [2.05, 4.69) is 0 Å². The van der Waals surface area contributed by atoms with Gasteiger partial charge in [0.2, 0.25) is 0 Å². The number of halogens is 3. The molecule has 94 valence electrons. The molecule has 1 aromatic carbocycles. The van der Waals surface area contributed by atoms with Crippen LogP contribution in [0.5, 0.6) is 5.75 Å². The van der Waals surface area contributed by atoms with Crippen molar-refractivity contribution >= 4 is 0 Å². The second-order valence-corrected chi connectivity index (χ2v) is 3.53. The number of ether oxygens (including phenoxy) is 3. The van der Waals surface area contributed by atoms with E-state index >= 15 is 0 Å². The van der Waals surface area contributed by atoms with Crippen LogP contribution in [0.1, 0.15) is 17.4 Å². The highest BCUT2D eigenvalue weighted by Crippen LogP contribution is 2.37. The van der Waals surface area contributed by atoms with E-state index in [4.69, 9.17) is 14.2 Å². The fraction of sp³-hybridized carbons (Fsp3) is 0.455. The van der Waals surface area contributed by atoms with Crippen LogP contribution in [0.4, 0.5) is 13.2 Å². The summed E-state index contributed by atoms with van der Waals surface area (Å²) in [6.07, 6.45) is -5.03. The minimum Gasteiger partial charge on any atom is -0.496 e. The largest absolute Gasteiger partial charge is 0.496 e. The fourth-order valence-electron chi connectivity index (χ4n) is 1.62. The monoisotopic (exact) mass is 248 g/mol. The fourth-order valence-corrected chi connectivity index (χ4v) is 1.62. The molecular formula is C11H11F3O3. The van der Waals surface area contributed by atoms with E-state index in [1.54, 1.807) is 0 Å². The van der Waals surface area contributed by atoms with Crippen molar-refractivity contribution in [2.24, 2.45) is 0 Å². The highest BCUT2D eigenvalue weighted by molar-refractivity contribution is 5.39. The lowest BCUT2D eigenvalue weighted by Gasteiger charge is -2.15. The molecule has 17 heavy (non-hydrogen) atoms. The molecule has 1 heterocycles. The summed E-state index contributed by atoms with van der Waals surface area (Å²) in [5, 5.41) is 0. The van der Waals surface area contributed by atoms with Crippen LogP contribution < -0.4 is 4.74 Å². The molecule has 0 unspecified atom stereocenters. The molecule has 1 aliphatic rings. The van der Waals surface area contributed by atoms with E-state index in [9.17, 15) is 13.2 Å². The van der Waals surface area contributed by atoms with Gasteiger partial charge in [-0.3, -0.25) is 0 Å². The Morgan fingerprint density at radius 3 is 2.41 bits per heavy atom. The molecule has 0 N–H and O–H groups in total. The minimum absolute atomic E-state index is 0.117. The first-order valence-corrected chi connectivity index (χ1v) is 5.00. The van der Waals surface area contributed by atoms with Crippen LogP contribution in [0.3, 0.4) is 0 Å². The van der Waals surface area contributed by atoms with Crippen molar-refractivity contribution < 1.29 is 27.4 Å². The van der Waals surface area contributed by atoms with E-state index in [0.29, 0.717) is 18.8 Å². The van der Waals surface area contributed by atoms with Gasteiger partial charge in [0.1, 0.15) is 5.75 Å². The molecule has 0 radical (unpaired) electrons. The highest BCUT2D eigenvalue weighted by Gasteiger charge is 2.32. The van der Waals surface area contributed by atoms with Crippen molar-refractivity contribution in [2.75, 3.05) is 20.3 Å². The predicted molar refractivity (Wildman–Crippen MR) is 52.6 cm³/mol. The van der Waals surface area contributed by atoms with Gasteiger partial charge in [-0.2, -0.15) is 13.2 Å². The van der Waals surface area contributed by atoms with E-state index in [0.717, 1.165) is 12.1 Å². The molecule has 0 amide bonds. The van der Waals surface area contributed by atoms with Crippen molar-refractivity contribution in [2.45, 2.75) is 12.5 Å². The second-order valence-electron chi connectivity index (χ2n) is 3.53. The number of methoxy groups -OCH3 is 1.